The van der Waals surface area contributed by atoms with Gasteiger partial charge in [0, 0.05) is 61.2 Å². The Morgan fingerprint density at radius 2 is 2.15 bits per heavy atom. The molecular formula is C21H28N4OS. The van der Waals surface area contributed by atoms with E-state index < -0.39 is 0 Å². The van der Waals surface area contributed by atoms with E-state index >= 15 is 0 Å². The number of carbonyl (C=O) groups excluding carboxylic acids is 1. The van der Waals surface area contributed by atoms with Crippen molar-refractivity contribution >= 4 is 17.2 Å². The summed E-state index contributed by atoms with van der Waals surface area (Å²) in [5, 5.41) is 0. The van der Waals surface area contributed by atoms with Crippen molar-refractivity contribution in [3.05, 3.63) is 46.2 Å². The molecule has 6 heteroatoms. The highest BCUT2D eigenvalue weighted by Gasteiger charge is 2.41. The summed E-state index contributed by atoms with van der Waals surface area (Å²) in [6.45, 7) is 7.03. The number of piperidine rings is 2. The van der Waals surface area contributed by atoms with E-state index in [0.29, 0.717) is 12.3 Å². The minimum Gasteiger partial charge on any atom is -0.342 e. The van der Waals surface area contributed by atoms with Crippen molar-refractivity contribution in [3.63, 3.8) is 0 Å². The van der Waals surface area contributed by atoms with Crippen molar-refractivity contribution in [1.29, 1.82) is 0 Å². The van der Waals surface area contributed by atoms with Gasteiger partial charge in [-0.1, -0.05) is 6.07 Å². The maximum absolute atomic E-state index is 12.5. The third-order valence-electron chi connectivity index (χ3n) is 6.06. The summed E-state index contributed by atoms with van der Waals surface area (Å²) < 4.78 is 0. The Bertz CT molecular complexity index is 777. The van der Waals surface area contributed by atoms with Crippen LogP contribution in [0.4, 0.5) is 0 Å². The van der Waals surface area contributed by atoms with Crippen LogP contribution in [0.5, 0.6) is 0 Å². The Labute approximate surface area is 165 Å². The van der Waals surface area contributed by atoms with Gasteiger partial charge >= 0.3 is 0 Å². The molecule has 0 N–H and O–H groups in total. The number of rotatable bonds is 5. The van der Waals surface area contributed by atoms with Crippen LogP contribution < -0.4 is 0 Å². The van der Waals surface area contributed by atoms with Crippen molar-refractivity contribution in [2.45, 2.75) is 45.6 Å². The van der Waals surface area contributed by atoms with E-state index in [1.807, 2.05) is 29.9 Å². The number of hydrogen-bond donors (Lipinski definition) is 0. The smallest absolute Gasteiger partial charge is 0.222 e. The average Bonchev–Trinajstić information content (AvgIpc) is 3.08. The summed E-state index contributed by atoms with van der Waals surface area (Å²) in [6.07, 6.45) is 6.85. The Hall–Kier alpha value is -1.79. The first-order valence-corrected chi connectivity index (χ1v) is 10.8. The molecule has 0 aromatic carbocycles. The molecule has 2 aromatic heterocycles. The van der Waals surface area contributed by atoms with Gasteiger partial charge in [-0.05, 0) is 44.9 Å². The fourth-order valence-electron chi connectivity index (χ4n) is 4.56. The number of aromatic nitrogens is 2. The number of likely N-dealkylation sites (tertiary alicyclic amines) is 2. The number of nitrogens with zero attached hydrogens (tertiary/aromatic N) is 4. The quantitative estimate of drug-likeness (QED) is 0.794. The van der Waals surface area contributed by atoms with Crippen LogP contribution in [0.2, 0.25) is 0 Å². The zero-order chi connectivity index (χ0) is 18.7. The Morgan fingerprint density at radius 1 is 1.22 bits per heavy atom. The number of pyridine rings is 1. The normalized spacial score (nSPS) is 23.9. The molecule has 0 radical (unpaired) electrons. The van der Waals surface area contributed by atoms with Gasteiger partial charge in [0.15, 0.2) is 0 Å². The standard InChI is InChI=1S/C21H28N4OS/c1-17-19(27-16-23-17)13-24-11-4-8-21(14-24)9-6-20(26)25(15-21)12-7-18-5-2-3-10-22-18/h2-3,5,10,16H,4,6-9,11-15H2,1H3/t21-/m1/s1. The van der Waals surface area contributed by atoms with Crippen LogP contribution in [0, 0.1) is 12.3 Å². The highest BCUT2D eigenvalue weighted by molar-refractivity contribution is 7.09. The van der Waals surface area contributed by atoms with Gasteiger partial charge in [-0.15, -0.1) is 11.3 Å². The lowest BCUT2D eigenvalue weighted by Crippen LogP contribution is -2.54. The van der Waals surface area contributed by atoms with E-state index in [9.17, 15) is 4.79 Å². The van der Waals surface area contributed by atoms with E-state index in [1.165, 1.54) is 17.7 Å². The zero-order valence-electron chi connectivity index (χ0n) is 16.1. The lowest BCUT2D eigenvalue weighted by Gasteiger charge is -2.48. The number of thiazole rings is 1. The highest BCUT2D eigenvalue weighted by Crippen LogP contribution is 2.39. The van der Waals surface area contributed by atoms with E-state index in [2.05, 4.69) is 26.7 Å². The number of amides is 1. The van der Waals surface area contributed by atoms with Crippen LogP contribution in [0.15, 0.2) is 29.9 Å². The van der Waals surface area contributed by atoms with Crippen molar-refractivity contribution in [2.75, 3.05) is 26.2 Å². The minimum atomic E-state index is 0.259. The molecule has 0 aliphatic carbocycles. The molecule has 144 valence electrons. The molecule has 0 bridgehead atoms. The van der Waals surface area contributed by atoms with E-state index in [4.69, 9.17) is 0 Å². The van der Waals surface area contributed by atoms with Gasteiger partial charge in [0.25, 0.3) is 0 Å². The number of carbonyl (C=O) groups is 1. The highest BCUT2D eigenvalue weighted by atomic mass is 32.1. The SMILES string of the molecule is Cc1ncsc1CN1CCC[C@@]2(CCC(=O)N(CCc3ccccn3)C2)C1. The second-order valence-corrected chi connectivity index (χ2v) is 9.00. The van der Waals surface area contributed by atoms with Gasteiger partial charge in [-0.25, -0.2) is 4.98 Å². The molecule has 5 nitrogen and oxygen atoms in total. The number of hydrogen-bond acceptors (Lipinski definition) is 5. The third kappa shape index (κ3) is 4.38. The van der Waals surface area contributed by atoms with Crippen molar-refractivity contribution < 1.29 is 4.79 Å². The topological polar surface area (TPSA) is 49.3 Å². The fraction of sp³-hybridized carbons (Fsp3) is 0.571. The lowest BCUT2D eigenvalue weighted by atomic mass is 9.73. The van der Waals surface area contributed by atoms with Crippen LogP contribution in [-0.4, -0.2) is 51.9 Å². The van der Waals surface area contributed by atoms with Gasteiger partial charge in [-0.2, -0.15) is 0 Å². The van der Waals surface area contributed by atoms with Gasteiger partial charge in [0.2, 0.25) is 5.91 Å². The zero-order valence-corrected chi connectivity index (χ0v) is 16.9. The fourth-order valence-corrected chi connectivity index (χ4v) is 5.38. The van der Waals surface area contributed by atoms with E-state index in [0.717, 1.165) is 57.0 Å². The molecular weight excluding hydrogens is 356 g/mol. The van der Waals surface area contributed by atoms with Crippen LogP contribution in [0.1, 0.15) is 41.9 Å². The summed E-state index contributed by atoms with van der Waals surface area (Å²) in [5.74, 6) is 0.312. The largest absolute Gasteiger partial charge is 0.342 e. The van der Waals surface area contributed by atoms with E-state index in [-0.39, 0.29) is 5.41 Å². The first kappa shape index (κ1) is 18.6. The van der Waals surface area contributed by atoms with Crippen molar-refractivity contribution in [2.24, 2.45) is 5.41 Å². The summed E-state index contributed by atoms with van der Waals surface area (Å²) in [4.78, 5) is 27.4. The summed E-state index contributed by atoms with van der Waals surface area (Å²) in [5.41, 5.74) is 4.43. The van der Waals surface area contributed by atoms with Gasteiger partial charge in [0.1, 0.15) is 0 Å². The van der Waals surface area contributed by atoms with Gasteiger partial charge in [-0.3, -0.25) is 14.7 Å². The molecule has 2 aromatic rings. The average molecular weight is 385 g/mol. The van der Waals surface area contributed by atoms with Crippen LogP contribution in [0.25, 0.3) is 0 Å². The van der Waals surface area contributed by atoms with Crippen LogP contribution in [0.3, 0.4) is 0 Å². The number of aryl methyl sites for hydroxylation is 1. The van der Waals surface area contributed by atoms with Crippen LogP contribution in [-0.2, 0) is 17.8 Å². The van der Waals surface area contributed by atoms with Gasteiger partial charge in [0.05, 0.1) is 11.2 Å². The Kier molecular flexibility index (Phi) is 5.55. The first-order chi connectivity index (χ1) is 13.1. The monoisotopic (exact) mass is 384 g/mol. The summed E-state index contributed by atoms with van der Waals surface area (Å²) >= 11 is 1.76. The summed E-state index contributed by atoms with van der Waals surface area (Å²) in [7, 11) is 0. The molecule has 2 aliphatic rings. The molecule has 1 atom stereocenters. The Balaban J connectivity index is 1.39. The second-order valence-electron chi connectivity index (χ2n) is 8.06. The minimum absolute atomic E-state index is 0.259. The Morgan fingerprint density at radius 3 is 2.93 bits per heavy atom. The third-order valence-corrected chi connectivity index (χ3v) is 6.98. The van der Waals surface area contributed by atoms with Crippen LogP contribution >= 0.6 is 11.3 Å². The molecule has 27 heavy (non-hydrogen) atoms. The molecule has 1 amide bonds. The molecule has 0 unspecified atom stereocenters. The molecule has 0 saturated carbocycles. The summed E-state index contributed by atoms with van der Waals surface area (Å²) in [6, 6.07) is 6.00. The molecule has 2 aliphatic heterocycles. The first-order valence-electron chi connectivity index (χ1n) is 9.93. The van der Waals surface area contributed by atoms with Gasteiger partial charge < -0.3 is 4.90 Å². The maximum Gasteiger partial charge on any atom is 0.222 e. The second kappa shape index (κ2) is 8.07. The predicted molar refractivity (Wildman–Crippen MR) is 108 cm³/mol. The predicted octanol–water partition coefficient (Wildman–Crippen LogP) is 3.29. The van der Waals surface area contributed by atoms with Crippen molar-refractivity contribution in [1.82, 2.24) is 19.8 Å². The van der Waals surface area contributed by atoms with E-state index in [1.54, 1.807) is 11.3 Å². The molecule has 1 spiro atoms. The molecule has 4 heterocycles. The molecule has 2 fully saturated rings. The molecule has 4 rings (SSSR count). The maximum atomic E-state index is 12.5. The lowest BCUT2D eigenvalue weighted by molar-refractivity contribution is -0.139. The van der Waals surface area contributed by atoms with Crippen molar-refractivity contribution in [3.8, 4) is 0 Å². The molecule has 2 saturated heterocycles.